The fraction of sp³-hybridized carbons (Fsp3) is 0.435. The van der Waals surface area contributed by atoms with Crippen LogP contribution >= 0.6 is 23.5 Å². The van der Waals surface area contributed by atoms with Crippen LogP contribution in [0.4, 0.5) is 0 Å². The molecule has 2 aliphatic rings. The smallest absolute Gasteiger partial charge is 0.141 e. The van der Waals surface area contributed by atoms with E-state index in [1.165, 1.54) is 4.90 Å². The minimum absolute atomic E-state index is 0.214. The average Bonchev–Trinajstić information content (AvgIpc) is 3.88. The fourth-order valence-electron chi connectivity index (χ4n) is 7.43. The van der Waals surface area contributed by atoms with E-state index in [1.807, 2.05) is 49.4 Å². The zero-order chi connectivity index (χ0) is 40.3. The molecule has 8 rings (SSSR count). The zero-order valence-corrected chi connectivity index (χ0v) is 35.6. The summed E-state index contributed by atoms with van der Waals surface area (Å²) < 4.78 is 13.3. The third-order valence-corrected chi connectivity index (χ3v) is 13.0. The first-order chi connectivity index (χ1) is 28.3. The Labute approximate surface area is 351 Å². The molecule has 6 aromatic rings. The van der Waals surface area contributed by atoms with E-state index in [4.69, 9.17) is 24.5 Å². The summed E-state index contributed by atoms with van der Waals surface area (Å²) in [5.41, 5.74) is 6.20. The summed E-state index contributed by atoms with van der Waals surface area (Å²) in [4.78, 5) is 23.7. The number of H-pyrrole nitrogens is 2. The summed E-state index contributed by atoms with van der Waals surface area (Å²) in [5, 5.41) is 18.7. The van der Waals surface area contributed by atoms with Crippen LogP contribution < -0.4 is 0 Å². The lowest BCUT2D eigenvalue weighted by Crippen LogP contribution is -2.35. The van der Waals surface area contributed by atoms with Gasteiger partial charge in [-0.2, -0.15) is 0 Å². The summed E-state index contributed by atoms with van der Waals surface area (Å²) >= 11 is 3.43. The highest BCUT2D eigenvalue weighted by molar-refractivity contribution is 7.99. The molecule has 0 bridgehead atoms. The first-order valence-electron chi connectivity index (χ1n) is 20.6. The summed E-state index contributed by atoms with van der Waals surface area (Å²) in [6.07, 6.45) is 4.62. The first kappa shape index (κ1) is 42.4. The summed E-state index contributed by atoms with van der Waals surface area (Å²) in [6, 6.07) is 33.2. The second kappa shape index (κ2) is 21.0. The predicted molar refractivity (Wildman–Crippen MR) is 237 cm³/mol. The molecule has 2 aromatic heterocycles. The number of fused-ring (bicyclic) bond motifs is 2. The van der Waals surface area contributed by atoms with E-state index in [0.29, 0.717) is 5.75 Å². The number of nitrogens with zero attached hydrogens (tertiary/aromatic N) is 4. The van der Waals surface area contributed by atoms with Gasteiger partial charge in [-0.25, -0.2) is 9.97 Å². The summed E-state index contributed by atoms with van der Waals surface area (Å²) in [5.74, 6) is 3.30. The number of piperidine rings is 2. The Balaban J connectivity index is 0.000000177. The lowest BCUT2D eigenvalue weighted by atomic mass is 10.1. The van der Waals surface area contributed by atoms with Gasteiger partial charge in [-0.3, -0.25) is 0 Å². The van der Waals surface area contributed by atoms with Crippen LogP contribution in [0.5, 0.6) is 0 Å². The number of likely N-dealkylation sites (tertiary alicyclic amines) is 2. The van der Waals surface area contributed by atoms with Crippen LogP contribution in [0.25, 0.3) is 22.1 Å². The van der Waals surface area contributed by atoms with Crippen molar-refractivity contribution in [3.63, 3.8) is 0 Å². The molecule has 308 valence electrons. The van der Waals surface area contributed by atoms with Gasteiger partial charge < -0.3 is 39.5 Å². The topological polar surface area (TPSA) is 123 Å². The van der Waals surface area contributed by atoms with E-state index in [0.717, 1.165) is 114 Å². The minimum Gasteiger partial charge on any atom is -0.396 e. The fourth-order valence-corrected chi connectivity index (χ4v) is 9.16. The van der Waals surface area contributed by atoms with Gasteiger partial charge in [0.25, 0.3) is 0 Å². The van der Waals surface area contributed by atoms with Crippen molar-refractivity contribution in [2.75, 3.05) is 58.4 Å². The van der Waals surface area contributed by atoms with Gasteiger partial charge in [0, 0.05) is 54.1 Å². The van der Waals surface area contributed by atoms with Crippen LogP contribution in [0.15, 0.2) is 107 Å². The van der Waals surface area contributed by atoms with Crippen molar-refractivity contribution in [1.29, 1.82) is 0 Å². The number of hydrogen-bond donors (Lipinski definition) is 4. The van der Waals surface area contributed by atoms with Gasteiger partial charge in [-0.1, -0.05) is 48.5 Å². The molecule has 12 heteroatoms. The second-order valence-corrected chi connectivity index (χ2v) is 17.8. The molecule has 2 fully saturated rings. The maximum absolute atomic E-state index is 9.62. The Bertz CT molecular complexity index is 2090. The number of benzene rings is 4. The van der Waals surface area contributed by atoms with E-state index in [2.05, 4.69) is 88.5 Å². The van der Waals surface area contributed by atoms with Crippen LogP contribution in [-0.2, 0) is 9.47 Å². The molecule has 58 heavy (non-hydrogen) atoms. The predicted octanol–water partition coefficient (Wildman–Crippen LogP) is 8.47. The molecule has 0 saturated carbocycles. The molecule has 0 radical (unpaired) electrons. The van der Waals surface area contributed by atoms with Crippen molar-refractivity contribution in [2.24, 2.45) is 0 Å². The Hall–Kier alpha value is -3.72. The summed E-state index contributed by atoms with van der Waals surface area (Å²) in [6.45, 7) is 6.29. The molecule has 2 saturated heterocycles. The maximum Gasteiger partial charge on any atom is 0.141 e. The van der Waals surface area contributed by atoms with E-state index in [1.54, 1.807) is 23.5 Å². The Morgan fingerprint density at radius 3 is 1.59 bits per heavy atom. The second-order valence-electron chi connectivity index (χ2n) is 15.5. The highest BCUT2D eigenvalue weighted by Crippen LogP contribution is 2.34. The van der Waals surface area contributed by atoms with Gasteiger partial charge in [0.15, 0.2) is 0 Å². The van der Waals surface area contributed by atoms with Crippen LogP contribution in [0.2, 0.25) is 0 Å². The monoisotopic (exact) mass is 822 g/mol. The maximum atomic E-state index is 9.62. The van der Waals surface area contributed by atoms with E-state index >= 15 is 0 Å². The van der Waals surface area contributed by atoms with Crippen LogP contribution in [0.1, 0.15) is 74.0 Å². The lowest BCUT2D eigenvalue weighted by molar-refractivity contribution is -0.0265. The lowest BCUT2D eigenvalue weighted by Gasteiger charge is -2.31. The molecule has 4 heterocycles. The van der Waals surface area contributed by atoms with Gasteiger partial charge in [0.05, 0.1) is 40.4 Å². The molecule has 0 aliphatic carbocycles. The first-order valence-corrected chi connectivity index (χ1v) is 22.6. The van der Waals surface area contributed by atoms with Gasteiger partial charge in [0.2, 0.25) is 0 Å². The third kappa shape index (κ3) is 11.7. The number of imidazole rings is 2. The average molecular weight is 823 g/mol. The SMILES string of the molecule is CC(O)CSc1cccc(C(OC2CCN(C)CC2)c2nc3ccccc3[nH]2)c1.CN1CCC(OC(c2cccc(SCCCO)c2)c2nc3ccccc3[nH]2)CC1. The largest absolute Gasteiger partial charge is 0.396 e. The number of rotatable bonds is 15. The third-order valence-electron chi connectivity index (χ3n) is 10.7. The number of aliphatic hydroxyl groups excluding tert-OH is 2. The van der Waals surface area contributed by atoms with Crippen molar-refractivity contribution in [1.82, 2.24) is 29.7 Å². The number of para-hydroxylation sites is 4. The van der Waals surface area contributed by atoms with Crippen LogP contribution in [-0.4, -0.2) is 117 Å². The van der Waals surface area contributed by atoms with Crippen molar-refractivity contribution < 1.29 is 19.7 Å². The number of thioether (sulfide) groups is 2. The van der Waals surface area contributed by atoms with Crippen molar-refractivity contribution >= 4 is 45.6 Å². The number of aliphatic hydroxyl groups is 2. The Kier molecular flexibility index (Phi) is 15.4. The molecular formula is C46H58N6O4S2. The van der Waals surface area contributed by atoms with Crippen molar-refractivity contribution in [3.05, 3.63) is 120 Å². The number of aromatic nitrogens is 4. The Morgan fingerprint density at radius 1 is 0.672 bits per heavy atom. The number of ether oxygens (including phenoxy) is 2. The highest BCUT2D eigenvalue weighted by Gasteiger charge is 2.28. The summed E-state index contributed by atoms with van der Waals surface area (Å²) in [7, 11) is 4.33. The molecular weight excluding hydrogens is 765 g/mol. The zero-order valence-electron chi connectivity index (χ0n) is 33.9. The van der Waals surface area contributed by atoms with E-state index < -0.39 is 0 Å². The van der Waals surface area contributed by atoms with E-state index in [-0.39, 0.29) is 37.1 Å². The quantitative estimate of drug-likeness (QED) is 0.0593. The molecule has 4 N–H and O–H groups in total. The van der Waals surface area contributed by atoms with Gasteiger partial charge in [0.1, 0.15) is 23.9 Å². The molecule has 3 atom stereocenters. The molecule has 10 nitrogen and oxygen atoms in total. The van der Waals surface area contributed by atoms with Crippen molar-refractivity contribution in [3.8, 4) is 0 Å². The van der Waals surface area contributed by atoms with Crippen molar-refractivity contribution in [2.45, 2.75) is 79.3 Å². The number of aromatic amines is 2. The van der Waals surface area contributed by atoms with E-state index in [9.17, 15) is 5.11 Å². The van der Waals surface area contributed by atoms with Gasteiger partial charge >= 0.3 is 0 Å². The van der Waals surface area contributed by atoms with Crippen LogP contribution in [0, 0.1) is 0 Å². The van der Waals surface area contributed by atoms with Crippen LogP contribution in [0.3, 0.4) is 0 Å². The molecule has 3 unspecified atom stereocenters. The number of hydrogen-bond acceptors (Lipinski definition) is 10. The minimum atomic E-state index is -0.328. The molecule has 0 spiro atoms. The van der Waals surface area contributed by atoms with Gasteiger partial charge in [-0.15, -0.1) is 23.5 Å². The van der Waals surface area contributed by atoms with Gasteiger partial charge in [-0.05, 0) is 113 Å². The molecule has 4 aromatic carbocycles. The Morgan fingerprint density at radius 2 is 1.14 bits per heavy atom. The number of nitrogens with one attached hydrogen (secondary N) is 2. The normalized spacial score (nSPS) is 17.6. The standard InChI is InChI=1S/2C23H29N3O2S/c1-16(27)15-29-19-7-5-6-17(14-19)22(28-18-10-12-26(2)13-11-18)23-24-20-8-3-4-9-21(20)25-23;1-26-12-10-18(11-13-26)28-22(23-24-20-8-2-3-9-21(20)25-23)17-6-4-7-19(16-17)29-15-5-14-27/h3-9,14,16,18,22,27H,10-13,15H2,1-2H3,(H,24,25);2-4,6-9,16,18,22,27H,5,10-15H2,1H3,(H,24,25). The highest BCUT2D eigenvalue weighted by atomic mass is 32.2. The molecule has 2 aliphatic heterocycles. The molecule has 0 amide bonds.